The molecule has 174 valence electrons. The average molecular weight is 462 g/mol. The maximum Gasteiger partial charge on any atom is 0.329 e. The van der Waals surface area contributed by atoms with E-state index in [1.54, 1.807) is 24.3 Å². The minimum absolute atomic E-state index is 0.299. The highest BCUT2D eigenvalue weighted by Crippen LogP contribution is 2.19. The number of nitrogens with one attached hydrogen (secondary N) is 3. The number of amides is 3. The summed E-state index contributed by atoms with van der Waals surface area (Å²) in [5.74, 6) is -2.28. The summed E-state index contributed by atoms with van der Waals surface area (Å²) in [4.78, 5) is 36.4. The van der Waals surface area contributed by atoms with Gasteiger partial charge in [-0.25, -0.2) is 9.82 Å². The lowest BCUT2D eigenvalue weighted by Gasteiger charge is -2.10. The van der Waals surface area contributed by atoms with E-state index in [9.17, 15) is 18.8 Å². The molecule has 0 aromatic heterocycles. The van der Waals surface area contributed by atoms with Crippen molar-refractivity contribution in [2.45, 2.75) is 13.8 Å². The Morgan fingerprint density at radius 3 is 2.26 bits per heavy atom. The third-order valence-electron chi connectivity index (χ3n) is 4.70. The van der Waals surface area contributed by atoms with Gasteiger partial charge in [0.2, 0.25) is 0 Å². The van der Waals surface area contributed by atoms with Gasteiger partial charge in [0.15, 0.2) is 6.61 Å². The zero-order chi connectivity index (χ0) is 24.5. The molecule has 0 spiro atoms. The van der Waals surface area contributed by atoms with Crippen molar-refractivity contribution in [2.75, 3.05) is 17.2 Å². The van der Waals surface area contributed by atoms with Crippen LogP contribution in [0.5, 0.6) is 5.75 Å². The first kappa shape index (κ1) is 24.1. The third-order valence-corrected chi connectivity index (χ3v) is 4.70. The minimum Gasteiger partial charge on any atom is -0.483 e. The number of anilines is 2. The fourth-order valence-corrected chi connectivity index (χ4v) is 2.99. The lowest BCUT2D eigenvalue weighted by Crippen LogP contribution is -2.32. The second kappa shape index (κ2) is 11.4. The molecule has 3 rings (SSSR count). The number of carbonyl (C=O) groups is 3. The van der Waals surface area contributed by atoms with E-state index in [2.05, 4.69) is 21.2 Å². The molecule has 0 aliphatic carbocycles. The molecule has 0 bridgehead atoms. The molecule has 34 heavy (non-hydrogen) atoms. The second-order valence-electron chi connectivity index (χ2n) is 7.30. The largest absolute Gasteiger partial charge is 0.483 e. The van der Waals surface area contributed by atoms with E-state index in [1.807, 2.05) is 32.0 Å². The molecule has 0 aliphatic rings. The van der Waals surface area contributed by atoms with Crippen LogP contribution in [0.3, 0.4) is 0 Å². The molecule has 3 aromatic rings. The Morgan fingerprint density at radius 1 is 0.882 bits per heavy atom. The Morgan fingerprint density at radius 2 is 1.56 bits per heavy atom. The van der Waals surface area contributed by atoms with E-state index in [0.717, 1.165) is 11.1 Å². The zero-order valence-corrected chi connectivity index (χ0v) is 18.6. The minimum atomic E-state index is -0.934. The molecule has 0 saturated heterocycles. The molecule has 3 amide bonds. The van der Waals surface area contributed by atoms with Gasteiger partial charge in [0, 0.05) is 16.9 Å². The number of hydrogen-bond donors (Lipinski definition) is 3. The van der Waals surface area contributed by atoms with Crippen molar-refractivity contribution in [3.8, 4) is 5.75 Å². The molecular formula is C25H23FN4O4. The molecule has 0 fully saturated rings. The van der Waals surface area contributed by atoms with Crippen LogP contribution >= 0.6 is 0 Å². The highest BCUT2D eigenvalue weighted by molar-refractivity contribution is 6.39. The first-order valence-corrected chi connectivity index (χ1v) is 10.3. The van der Waals surface area contributed by atoms with Gasteiger partial charge in [-0.1, -0.05) is 30.3 Å². The molecule has 0 radical (unpaired) electrons. The normalized spacial score (nSPS) is 10.6. The van der Waals surface area contributed by atoms with Gasteiger partial charge in [-0.2, -0.15) is 5.10 Å². The number of hydrogen-bond acceptors (Lipinski definition) is 5. The van der Waals surface area contributed by atoms with Crippen LogP contribution in [0, 0.1) is 19.7 Å². The summed E-state index contributed by atoms with van der Waals surface area (Å²) in [6.07, 6.45) is 1.30. The number of rotatable bonds is 7. The predicted octanol–water partition coefficient (Wildman–Crippen LogP) is 3.55. The predicted molar refractivity (Wildman–Crippen MR) is 127 cm³/mol. The number of hydrazone groups is 1. The fraction of sp³-hybridized carbons (Fsp3) is 0.120. The molecule has 0 saturated carbocycles. The van der Waals surface area contributed by atoms with Crippen molar-refractivity contribution in [1.82, 2.24) is 5.43 Å². The summed E-state index contributed by atoms with van der Waals surface area (Å²) in [5, 5.41) is 8.98. The van der Waals surface area contributed by atoms with E-state index >= 15 is 0 Å². The number of ether oxygens (including phenoxy) is 1. The molecule has 9 heteroatoms. The first-order valence-electron chi connectivity index (χ1n) is 10.3. The van der Waals surface area contributed by atoms with Crippen molar-refractivity contribution in [1.29, 1.82) is 0 Å². The molecule has 3 N–H and O–H groups in total. The van der Waals surface area contributed by atoms with Crippen LogP contribution in [0.25, 0.3) is 0 Å². The summed E-state index contributed by atoms with van der Waals surface area (Å²) < 4.78 is 18.5. The Balaban J connectivity index is 1.55. The van der Waals surface area contributed by atoms with Gasteiger partial charge in [-0.3, -0.25) is 14.4 Å². The monoisotopic (exact) mass is 462 g/mol. The number of nitrogens with zero attached hydrogens (tertiary/aromatic N) is 1. The number of para-hydroxylation sites is 2. The number of carbonyl (C=O) groups excluding carboxylic acids is 3. The average Bonchev–Trinajstić information content (AvgIpc) is 2.82. The summed E-state index contributed by atoms with van der Waals surface area (Å²) in [6.45, 7) is 3.36. The smallest absolute Gasteiger partial charge is 0.329 e. The molecule has 3 aromatic carbocycles. The number of aryl methyl sites for hydroxylation is 2. The Bertz CT molecular complexity index is 1210. The van der Waals surface area contributed by atoms with E-state index in [1.165, 1.54) is 30.5 Å². The van der Waals surface area contributed by atoms with Crippen molar-refractivity contribution < 1.29 is 23.5 Å². The molecule has 0 atom stereocenters. The Labute approximate surface area is 195 Å². The van der Waals surface area contributed by atoms with Gasteiger partial charge in [0.05, 0.1) is 6.21 Å². The van der Waals surface area contributed by atoms with Crippen molar-refractivity contribution in [3.63, 3.8) is 0 Å². The summed E-state index contributed by atoms with van der Waals surface area (Å²) in [6, 6.07) is 17.6. The lowest BCUT2D eigenvalue weighted by atomic mass is 10.1. The molecule has 0 unspecified atom stereocenters. The van der Waals surface area contributed by atoms with Gasteiger partial charge in [-0.15, -0.1) is 0 Å². The van der Waals surface area contributed by atoms with Crippen LogP contribution in [0.1, 0.15) is 16.7 Å². The third kappa shape index (κ3) is 6.73. The highest BCUT2D eigenvalue weighted by atomic mass is 19.1. The van der Waals surface area contributed by atoms with Crippen LogP contribution in [0.2, 0.25) is 0 Å². The van der Waals surface area contributed by atoms with Crippen molar-refractivity contribution in [2.24, 2.45) is 5.10 Å². The van der Waals surface area contributed by atoms with Crippen LogP contribution in [-0.2, 0) is 14.4 Å². The van der Waals surface area contributed by atoms with Crippen LogP contribution in [0.4, 0.5) is 15.8 Å². The fourth-order valence-electron chi connectivity index (χ4n) is 2.99. The van der Waals surface area contributed by atoms with E-state index in [-0.39, 0.29) is 6.61 Å². The van der Waals surface area contributed by atoms with Gasteiger partial charge in [-0.05, 0) is 61.4 Å². The lowest BCUT2D eigenvalue weighted by molar-refractivity contribution is -0.136. The molecule has 0 heterocycles. The van der Waals surface area contributed by atoms with E-state index < -0.39 is 23.5 Å². The van der Waals surface area contributed by atoms with Gasteiger partial charge < -0.3 is 15.4 Å². The maximum atomic E-state index is 13.0. The van der Waals surface area contributed by atoms with E-state index in [4.69, 9.17) is 4.74 Å². The topological polar surface area (TPSA) is 109 Å². The number of benzene rings is 3. The Kier molecular flexibility index (Phi) is 8.07. The van der Waals surface area contributed by atoms with Crippen LogP contribution < -0.4 is 20.8 Å². The van der Waals surface area contributed by atoms with E-state index in [0.29, 0.717) is 22.7 Å². The number of halogens is 1. The van der Waals surface area contributed by atoms with Gasteiger partial charge in [0.25, 0.3) is 5.91 Å². The molecular weight excluding hydrogens is 439 g/mol. The standard InChI is InChI=1S/C25H23FN4O4/c1-16-6-5-7-17(2)23(16)29-24(32)25(33)30-27-14-18-8-3-4-9-21(18)34-15-22(31)28-20-12-10-19(26)11-13-20/h3-14H,15H2,1-2H3,(H,28,31)(H,29,32)(H,30,33)/b27-14-. The summed E-state index contributed by atoms with van der Waals surface area (Å²) in [7, 11) is 0. The maximum absolute atomic E-state index is 13.0. The Hall–Kier alpha value is -4.53. The molecule has 0 aliphatic heterocycles. The van der Waals surface area contributed by atoms with Crippen LogP contribution in [-0.4, -0.2) is 30.5 Å². The summed E-state index contributed by atoms with van der Waals surface area (Å²) >= 11 is 0. The van der Waals surface area contributed by atoms with Crippen LogP contribution in [0.15, 0.2) is 71.8 Å². The summed E-state index contributed by atoms with van der Waals surface area (Å²) in [5.41, 5.74) is 5.33. The quantitative estimate of drug-likeness (QED) is 0.283. The van der Waals surface area contributed by atoms with Gasteiger partial charge in [0.1, 0.15) is 11.6 Å². The highest BCUT2D eigenvalue weighted by Gasteiger charge is 2.15. The van der Waals surface area contributed by atoms with Crippen molar-refractivity contribution >= 4 is 35.3 Å². The molecule has 8 nitrogen and oxygen atoms in total. The SMILES string of the molecule is Cc1cccc(C)c1NC(=O)C(=O)N/N=C\c1ccccc1OCC(=O)Nc1ccc(F)cc1. The van der Waals surface area contributed by atoms with Crippen molar-refractivity contribution in [3.05, 3.63) is 89.2 Å². The zero-order valence-electron chi connectivity index (χ0n) is 18.6. The van der Waals surface area contributed by atoms with Gasteiger partial charge >= 0.3 is 11.8 Å². The second-order valence-corrected chi connectivity index (χ2v) is 7.30. The first-order chi connectivity index (χ1) is 16.3.